The lowest BCUT2D eigenvalue weighted by molar-refractivity contribution is 0.342. The minimum Gasteiger partial charge on any atom is -0.0820 e. The number of rotatable bonds is 3. The molecule has 56 valence electrons. The Bertz CT molecular complexity index is 76.6. The molecule has 0 nitrogen and oxygen atoms in total. The van der Waals surface area contributed by atoms with Crippen molar-refractivity contribution in [2.75, 3.05) is 0 Å². The summed E-state index contributed by atoms with van der Waals surface area (Å²) in [4.78, 5) is 0. The van der Waals surface area contributed by atoms with E-state index in [1.54, 1.807) is 0 Å². The van der Waals surface area contributed by atoms with Gasteiger partial charge in [-0.05, 0) is 18.3 Å². The predicted molar refractivity (Wildman–Crippen MR) is 52.2 cm³/mol. The van der Waals surface area contributed by atoms with E-state index >= 15 is 0 Å². The second-order valence-electron chi connectivity index (χ2n) is 3.22. The molecule has 0 rings (SSSR count). The average Bonchev–Trinajstić information content (AvgIpc) is 1.86. The first kappa shape index (κ1) is 9.73. The van der Waals surface area contributed by atoms with Gasteiger partial charge in [-0.3, -0.25) is 0 Å². The third-order valence-electron chi connectivity index (χ3n) is 2.12. The van der Waals surface area contributed by atoms with E-state index in [4.69, 9.17) is 0 Å². The fourth-order valence-electron chi connectivity index (χ4n) is 0.774. The van der Waals surface area contributed by atoms with Gasteiger partial charge in [0.15, 0.2) is 0 Å². The van der Waals surface area contributed by atoms with Crippen LogP contribution < -0.4 is 0 Å². The van der Waals surface area contributed by atoms with E-state index in [1.807, 2.05) is 0 Å². The van der Waals surface area contributed by atoms with Crippen LogP contribution in [0.2, 0.25) is 0 Å². The van der Waals surface area contributed by atoms with Crippen LogP contribution in [0.3, 0.4) is 0 Å². The number of hydrogen-bond acceptors (Lipinski definition) is 0. The second kappa shape index (κ2) is 3.79. The Morgan fingerprint density at radius 2 is 1.78 bits per heavy atom. The lowest BCUT2D eigenvalue weighted by Crippen LogP contribution is -2.22. The van der Waals surface area contributed by atoms with Crippen LogP contribution in [0.4, 0.5) is 0 Å². The van der Waals surface area contributed by atoms with Crippen molar-refractivity contribution in [3.63, 3.8) is 0 Å². The Kier molecular flexibility index (Phi) is 4.10. The molecule has 0 amide bonds. The van der Waals surface area contributed by atoms with E-state index in [0.29, 0.717) is 5.41 Å². The van der Waals surface area contributed by atoms with Gasteiger partial charge in [0.05, 0.1) is 0 Å². The monoisotopic (exact) mass is 240 g/mol. The van der Waals surface area contributed by atoms with Crippen LogP contribution in [0.15, 0.2) is 0 Å². The second-order valence-corrected chi connectivity index (χ2v) is 4.72. The minimum absolute atomic E-state index is 0.537. The average molecular weight is 240 g/mol. The van der Waals surface area contributed by atoms with Gasteiger partial charge >= 0.3 is 0 Å². The lowest BCUT2D eigenvalue weighted by atomic mass is 9.85. The molecule has 0 saturated carbocycles. The highest BCUT2D eigenvalue weighted by Gasteiger charge is 2.22. The summed E-state index contributed by atoms with van der Waals surface area (Å²) >= 11 is 2.55. The molecule has 9 heavy (non-hydrogen) atoms. The highest BCUT2D eigenvalue weighted by molar-refractivity contribution is 14.1. The molecule has 0 aliphatic heterocycles. The SMILES string of the molecule is CC[C@@H](I)C(C)(C)CC. The van der Waals surface area contributed by atoms with E-state index < -0.39 is 0 Å². The van der Waals surface area contributed by atoms with Crippen molar-refractivity contribution in [3.05, 3.63) is 0 Å². The molecule has 0 aliphatic rings. The Labute approximate surface area is 72.6 Å². The molecule has 0 N–H and O–H groups in total. The maximum absolute atomic E-state index is 2.55. The van der Waals surface area contributed by atoms with Crippen molar-refractivity contribution in [2.24, 2.45) is 5.41 Å². The van der Waals surface area contributed by atoms with E-state index in [1.165, 1.54) is 12.8 Å². The molecule has 0 unspecified atom stereocenters. The molecule has 0 spiro atoms. The molecule has 1 atom stereocenters. The summed E-state index contributed by atoms with van der Waals surface area (Å²) in [7, 11) is 0. The fourth-order valence-corrected chi connectivity index (χ4v) is 1.21. The summed E-state index contributed by atoms with van der Waals surface area (Å²) in [6, 6.07) is 0. The van der Waals surface area contributed by atoms with Gasteiger partial charge in [-0.1, -0.05) is 50.3 Å². The molecule has 0 aliphatic carbocycles. The number of alkyl halides is 1. The molecule has 0 radical (unpaired) electrons. The van der Waals surface area contributed by atoms with Gasteiger partial charge in [0, 0.05) is 3.92 Å². The highest BCUT2D eigenvalue weighted by atomic mass is 127. The highest BCUT2D eigenvalue weighted by Crippen LogP contribution is 2.32. The van der Waals surface area contributed by atoms with Crippen LogP contribution in [0.5, 0.6) is 0 Å². The van der Waals surface area contributed by atoms with Gasteiger partial charge in [-0.2, -0.15) is 0 Å². The first-order chi connectivity index (χ1) is 4.04. The molecule has 0 aromatic heterocycles. The van der Waals surface area contributed by atoms with Gasteiger partial charge in [0.25, 0.3) is 0 Å². The van der Waals surface area contributed by atoms with Gasteiger partial charge in [0.2, 0.25) is 0 Å². The maximum Gasteiger partial charge on any atom is 0.0158 e. The minimum atomic E-state index is 0.537. The molecular formula is C8H17I. The molecular weight excluding hydrogens is 223 g/mol. The zero-order valence-corrected chi connectivity index (χ0v) is 9.03. The zero-order chi connectivity index (χ0) is 7.49. The summed E-state index contributed by atoms with van der Waals surface area (Å²) in [6.07, 6.45) is 2.58. The van der Waals surface area contributed by atoms with Crippen molar-refractivity contribution >= 4 is 22.6 Å². The fraction of sp³-hybridized carbons (Fsp3) is 1.00. The van der Waals surface area contributed by atoms with Crippen LogP contribution in [0.1, 0.15) is 40.5 Å². The van der Waals surface area contributed by atoms with Crippen LogP contribution >= 0.6 is 22.6 Å². The first-order valence-corrected chi connectivity index (χ1v) is 4.93. The van der Waals surface area contributed by atoms with Crippen LogP contribution in [0, 0.1) is 5.41 Å². The summed E-state index contributed by atoms with van der Waals surface area (Å²) < 4.78 is 0.833. The van der Waals surface area contributed by atoms with E-state index in [2.05, 4.69) is 50.3 Å². The van der Waals surface area contributed by atoms with E-state index in [0.717, 1.165) is 3.92 Å². The van der Waals surface area contributed by atoms with Crippen LogP contribution in [0.25, 0.3) is 0 Å². The largest absolute Gasteiger partial charge is 0.0820 e. The normalized spacial score (nSPS) is 15.7. The molecule has 0 saturated heterocycles. The number of hydrogen-bond donors (Lipinski definition) is 0. The zero-order valence-electron chi connectivity index (χ0n) is 6.87. The Morgan fingerprint density at radius 3 is 1.89 bits per heavy atom. The molecule has 1 heteroatoms. The molecule has 0 bridgehead atoms. The summed E-state index contributed by atoms with van der Waals surface area (Å²) in [5.74, 6) is 0. The number of halogens is 1. The van der Waals surface area contributed by atoms with Crippen molar-refractivity contribution in [1.29, 1.82) is 0 Å². The topological polar surface area (TPSA) is 0 Å². The van der Waals surface area contributed by atoms with E-state index in [9.17, 15) is 0 Å². The van der Waals surface area contributed by atoms with Gasteiger partial charge in [-0.15, -0.1) is 0 Å². The van der Waals surface area contributed by atoms with Crippen molar-refractivity contribution in [2.45, 2.75) is 44.5 Å². The Hall–Kier alpha value is 0.730. The van der Waals surface area contributed by atoms with Gasteiger partial charge < -0.3 is 0 Å². The standard InChI is InChI=1S/C8H17I/c1-5-7(9)8(3,4)6-2/h7H,5-6H2,1-4H3/t7-/m1/s1. The third-order valence-corrected chi connectivity index (χ3v) is 4.68. The maximum atomic E-state index is 2.55. The lowest BCUT2D eigenvalue weighted by Gasteiger charge is -2.27. The van der Waals surface area contributed by atoms with Crippen molar-refractivity contribution in [3.8, 4) is 0 Å². The predicted octanol–water partition coefficient (Wildman–Crippen LogP) is 3.64. The van der Waals surface area contributed by atoms with Crippen molar-refractivity contribution in [1.82, 2.24) is 0 Å². The summed E-state index contributed by atoms with van der Waals surface area (Å²) in [5, 5.41) is 0. The van der Waals surface area contributed by atoms with Crippen LogP contribution in [-0.2, 0) is 0 Å². The third kappa shape index (κ3) is 2.87. The molecule has 0 heterocycles. The molecule has 0 aromatic carbocycles. The first-order valence-electron chi connectivity index (χ1n) is 3.68. The molecule has 0 fully saturated rings. The Morgan fingerprint density at radius 1 is 1.33 bits per heavy atom. The van der Waals surface area contributed by atoms with Crippen molar-refractivity contribution < 1.29 is 0 Å². The van der Waals surface area contributed by atoms with Gasteiger partial charge in [-0.25, -0.2) is 0 Å². The Balaban J connectivity index is 3.80. The van der Waals surface area contributed by atoms with E-state index in [-0.39, 0.29) is 0 Å². The quantitative estimate of drug-likeness (QED) is 0.522. The van der Waals surface area contributed by atoms with Gasteiger partial charge in [0.1, 0.15) is 0 Å². The smallest absolute Gasteiger partial charge is 0.0158 e. The van der Waals surface area contributed by atoms with Crippen LogP contribution in [-0.4, -0.2) is 3.92 Å². The summed E-state index contributed by atoms with van der Waals surface area (Å²) in [6.45, 7) is 9.21. The molecule has 0 aromatic rings. The summed E-state index contributed by atoms with van der Waals surface area (Å²) in [5.41, 5.74) is 0.537.